The van der Waals surface area contributed by atoms with Gasteiger partial charge in [-0.2, -0.15) is 0 Å². The summed E-state index contributed by atoms with van der Waals surface area (Å²) in [5.41, 5.74) is 0.956. The van der Waals surface area contributed by atoms with Gasteiger partial charge in [0, 0.05) is 5.56 Å². The fourth-order valence-corrected chi connectivity index (χ4v) is 1.94. The molecular weight excluding hydrogens is 284 g/mol. The largest absolute Gasteiger partial charge is 0.508 e. The molecule has 0 atom stereocenters. The number of phenols is 2. The number of hydrogen-bond donors (Lipinski definition) is 3. The lowest BCUT2D eigenvalue weighted by Gasteiger charge is -2.05. The Balaban J connectivity index is 2.22. The predicted octanol–water partition coefficient (Wildman–Crippen LogP) is 2.62. The minimum atomic E-state index is -1.08. The van der Waals surface area contributed by atoms with Crippen molar-refractivity contribution in [2.24, 2.45) is 0 Å². The maximum atomic E-state index is 12.1. The second-order valence-electron chi connectivity index (χ2n) is 4.67. The highest BCUT2D eigenvalue weighted by atomic mass is 16.4. The summed E-state index contributed by atoms with van der Waals surface area (Å²) in [7, 11) is 0. The van der Waals surface area contributed by atoms with E-state index in [9.17, 15) is 19.8 Å². The molecular formula is C17H14O5. The number of rotatable bonds is 5. The highest BCUT2D eigenvalue weighted by Crippen LogP contribution is 2.24. The van der Waals surface area contributed by atoms with Crippen molar-refractivity contribution in [2.45, 2.75) is 6.42 Å². The average molecular weight is 298 g/mol. The van der Waals surface area contributed by atoms with E-state index >= 15 is 0 Å². The molecule has 0 bridgehead atoms. The molecule has 0 saturated heterocycles. The quantitative estimate of drug-likeness (QED) is 0.582. The standard InChI is InChI=1S/C17H14O5/c18-13-7-4-11(5-8-13)6-9-15(19)14-3-1-2-12(17(14)22)10-16(20)21/h1-9,18,22H,10H2,(H,20,21)/b9-6+. The molecule has 5 heteroatoms. The maximum Gasteiger partial charge on any atom is 0.307 e. The fourth-order valence-electron chi connectivity index (χ4n) is 1.94. The number of ketones is 1. The van der Waals surface area contributed by atoms with Crippen LogP contribution in [-0.4, -0.2) is 27.1 Å². The molecule has 2 rings (SSSR count). The number of carbonyl (C=O) groups is 2. The van der Waals surface area contributed by atoms with Crippen LogP contribution in [0.4, 0.5) is 0 Å². The summed E-state index contributed by atoms with van der Waals surface area (Å²) < 4.78 is 0. The highest BCUT2D eigenvalue weighted by molar-refractivity contribution is 6.08. The lowest BCUT2D eigenvalue weighted by molar-refractivity contribution is -0.136. The van der Waals surface area contributed by atoms with E-state index in [1.807, 2.05) is 0 Å². The minimum absolute atomic E-state index is 0.0498. The molecule has 0 aliphatic rings. The summed E-state index contributed by atoms with van der Waals surface area (Å²) in [6.45, 7) is 0. The van der Waals surface area contributed by atoms with E-state index in [4.69, 9.17) is 5.11 Å². The summed E-state index contributed by atoms with van der Waals surface area (Å²) >= 11 is 0. The van der Waals surface area contributed by atoms with Gasteiger partial charge in [0.1, 0.15) is 11.5 Å². The first-order valence-electron chi connectivity index (χ1n) is 6.51. The Labute approximate surface area is 126 Å². The van der Waals surface area contributed by atoms with Crippen molar-refractivity contribution in [3.8, 4) is 11.5 Å². The number of para-hydroxylation sites is 1. The summed E-state index contributed by atoms with van der Waals surface area (Å²) in [6.07, 6.45) is 2.48. The van der Waals surface area contributed by atoms with E-state index in [1.165, 1.54) is 36.4 Å². The molecule has 0 fully saturated rings. The van der Waals surface area contributed by atoms with Crippen molar-refractivity contribution in [1.82, 2.24) is 0 Å². The van der Waals surface area contributed by atoms with Gasteiger partial charge in [-0.15, -0.1) is 0 Å². The first-order valence-corrected chi connectivity index (χ1v) is 6.51. The van der Waals surface area contributed by atoms with E-state index in [2.05, 4.69) is 0 Å². The molecule has 0 aliphatic heterocycles. The SMILES string of the molecule is O=C(O)Cc1cccc(C(=O)/C=C/c2ccc(O)cc2)c1O. The zero-order chi connectivity index (χ0) is 16.1. The van der Waals surface area contributed by atoms with Gasteiger partial charge in [0.15, 0.2) is 5.78 Å². The molecule has 3 N–H and O–H groups in total. The van der Waals surface area contributed by atoms with Crippen LogP contribution in [-0.2, 0) is 11.2 Å². The highest BCUT2D eigenvalue weighted by Gasteiger charge is 2.13. The number of carbonyl (C=O) groups excluding carboxylic acids is 1. The number of allylic oxidation sites excluding steroid dienone is 1. The van der Waals surface area contributed by atoms with Crippen LogP contribution < -0.4 is 0 Å². The van der Waals surface area contributed by atoms with Crippen molar-refractivity contribution >= 4 is 17.8 Å². The maximum absolute atomic E-state index is 12.1. The van der Waals surface area contributed by atoms with E-state index in [0.717, 1.165) is 0 Å². The van der Waals surface area contributed by atoms with E-state index in [1.54, 1.807) is 18.2 Å². The second-order valence-corrected chi connectivity index (χ2v) is 4.67. The van der Waals surface area contributed by atoms with Gasteiger partial charge in [0.05, 0.1) is 12.0 Å². The van der Waals surface area contributed by atoms with Crippen LogP contribution in [0.1, 0.15) is 21.5 Å². The van der Waals surface area contributed by atoms with Crippen molar-refractivity contribution in [1.29, 1.82) is 0 Å². The van der Waals surface area contributed by atoms with Crippen molar-refractivity contribution in [3.05, 3.63) is 65.2 Å². The molecule has 22 heavy (non-hydrogen) atoms. The van der Waals surface area contributed by atoms with E-state index in [0.29, 0.717) is 5.56 Å². The van der Waals surface area contributed by atoms with Crippen molar-refractivity contribution in [2.75, 3.05) is 0 Å². The number of carboxylic acid groups (broad SMARTS) is 1. The van der Waals surface area contributed by atoms with Crippen LogP contribution in [0, 0.1) is 0 Å². The normalized spacial score (nSPS) is 10.7. The first kappa shape index (κ1) is 15.3. The number of phenolic OH excluding ortho intramolecular Hbond substituents is 2. The van der Waals surface area contributed by atoms with Gasteiger partial charge in [0.25, 0.3) is 0 Å². The summed E-state index contributed by atoms with van der Waals surface area (Å²) in [5.74, 6) is -1.70. The Hall–Kier alpha value is -3.08. The molecule has 112 valence electrons. The number of aliphatic carboxylic acids is 1. The third-order valence-corrected chi connectivity index (χ3v) is 3.05. The number of hydrogen-bond acceptors (Lipinski definition) is 4. The Morgan fingerprint density at radius 1 is 1.00 bits per heavy atom. The third kappa shape index (κ3) is 3.73. The lowest BCUT2D eigenvalue weighted by atomic mass is 10.0. The van der Waals surface area contributed by atoms with Crippen LogP contribution in [0.25, 0.3) is 6.08 Å². The molecule has 0 aliphatic carbocycles. The van der Waals surface area contributed by atoms with Gasteiger partial charge in [0.2, 0.25) is 0 Å². The molecule has 0 heterocycles. The zero-order valence-corrected chi connectivity index (χ0v) is 11.6. The first-order chi connectivity index (χ1) is 10.5. The lowest BCUT2D eigenvalue weighted by Crippen LogP contribution is -2.03. The van der Waals surface area contributed by atoms with Crippen LogP contribution in [0.2, 0.25) is 0 Å². The second kappa shape index (κ2) is 6.58. The van der Waals surface area contributed by atoms with Crippen molar-refractivity contribution in [3.63, 3.8) is 0 Å². The van der Waals surface area contributed by atoms with Gasteiger partial charge < -0.3 is 15.3 Å². The summed E-state index contributed by atoms with van der Waals surface area (Å²) in [6, 6.07) is 10.7. The van der Waals surface area contributed by atoms with Crippen LogP contribution in [0.15, 0.2) is 48.5 Å². The topological polar surface area (TPSA) is 94.8 Å². The molecule has 0 radical (unpaired) electrons. The molecule has 0 saturated carbocycles. The number of carboxylic acids is 1. The monoisotopic (exact) mass is 298 g/mol. The fraction of sp³-hybridized carbons (Fsp3) is 0.0588. The number of benzene rings is 2. The Kier molecular flexibility index (Phi) is 4.58. The van der Waals surface area contributed by atoms with Gasteiger partial charge in [-0.1, -0.05) is 30.3 Å². The molecule has 5 nitrogen and oxygen atoms in total. The predicted molar refractivity (Wildman–Crippen MR) is 80.9 cm³/mol. The van der Waals surface area contributed by atoms with Gasteiger partial charge in [-0.3, -0.25) is 9.59 Å². The third-order valence-electron chi connectivity index (χ3n) is 3.05. The zero-order valence-electron chi connectivity index (χ0n) is 11.6. The molecule has 0 amide bonds. The molecule has 0 unspecified atom stereocenters. The molecule has 0 spiro atoms. The Morgan fingerprint density at radius 2 is 1.68 bits per heavy atom. The Bertz CT molecular complexity index is 729. The number of aromatic hydroxyl groups is 2. The van der Waals surface area contributed by atoms with E-state index in [-0.39, 0.29) is 29.0 Å². The minimum Gasteiger partial charge on any atom is -0.508 e. The summed E-state index contributed by atoms with van der Waals surface area (Å²) in [4.78, 5) is 22.8. The van der Waals surface area contributed by atoms with Crippen LogP contribution in [0.3, 0.4) is 0 Å². The molecule has 2 aromatic rings. The van der Waals surface area contributed by atoms with Gasteiger partial charge in [-0.25, -0.2) is 0 Å². The van der Waals surface area contributed by atoms with Gasteiger partial charge in [-0.05, 0) is 29.8 Å². The molecule has 2 aromatic carbocycles. The Morgan fingerprint density at radius 3 is 2.32 bits per heavy atom. The smallest absolute Gasteiger partial charge is 0.307 e. The van der Waals surface area contributed by atoms with Crippen LogP contribution >= 0.6 is 0 Å². The summed E-state index contributed by atoms with van der Waals surface area (Å²) in [5, 5.41) is 27.9. The average Bonchev–Trinajstić information content (AvgIpc) is 2.48. The molecule has 0 aromatic heterocycles. The van der Waals surface area contributed by atoms with Crippen molar-refractivity contribution < 1.29 is 24.9 Å². The van der Waals surface area contributed by atoms with Gasteiger partial charge >= 0.3 is 5.97 Å². The van der Waals surface area contributed by atoms with E-state index < -0.39 is 11.8 Å². The van der Waals surface area contributed by atoms with Crippen LogP contribution in [0.5, 0.6) is 11.5 Å².